The third-order valence-electron chi connectivity index (χ3n) is 3.01. The highest BCUT2D eigenvalue weighted by Gasteiger charge is 2.19. The van der Waals surface area contributed by atoms with Crippen molar-refractivity contribution in [1.82, 2.24) is 4.98 Å². The van der Waals surface area contributed by atoms with E-state index in [9.17, 15) is 8.42 Å². The number of rotatable bonds is 3. The first-order chi connectivity index (χ1) is 10.1. The number of halogens is 1. The summed E-state index contributed by atoms with van der Waals surface area (Å²) in [7, 11) is -3.76. The Bertz CT molecular complexity index is 891. The van der Waals surface area contributed by atoms with Gasteiger partial charge in [-0.15, -0.1) is 0 Å². The lowest BCUT2D eigenvalue weighted by Crippen LogP contribution is -2.14. The Morgan fingerprint density at radius 3 is 2.43 bits per heavy atom. The highest BCUT2D eigenvalue weighted by atomic mass is 35.5. The van der Waals surface area contributed by atoms with Crippen molar-refractivity contribution in [2.75, 3.05) is 4.72 Å². The van der Waals surface area contributed by atoms with Gasteiger partial charge in [0.15, 0.2) is 0 Å². The van der Waals surface area contributed by atoms with Gasteiger partial charge in [-0.25, -0.2) is 13.4 Å². The summed E-state index contributed by atoms with van der Waals surface area (Å²) in [5, 5.41) is 1.67. The normalized spacial score (nSPS) is 11.5. The maximum atomic E-state index is 12.6. The monoisotopic (exact) mass is 318 g/mol. The number of benzene rings is 2. The van der Waals surface area contributed by atoms with Crippen LogP contribution in [0.2, 0.25) is 5.02 Å². The van der Waals surface area contributed by atoms with Crippen LogP contribution in [0.1, 0.15) is 0 Å². The molecule has 0 atom stereocenters. The van der Waals surface area contributed by atoms with Crippen LogP contribution in [-0.2, 0) is 10.0 Å². The zero-order chi connectivity index (χ0) is 14.9. The first-order valence-electron chi connectivity index (χ1n) is 6.19. The molecule has 1 aromatic heterocycles. The second-order valence-electron chi connectivity index (χ2n) is 4.41. The highest BCUT2D eigenvalue weighted by molar-refractivity contribution is 7.93. The summed E-state index contributed by atoms with van der Waals surface area (Å²) < 4.78 is 27.6. The summed E-state index contributed by atoms with van der Waals surface area (Å²) in [6.45, 7) is 0. The molecule has 0 bridgehead atoms. The van der Waals surface area contributed by atoms with Crippen molar-refractivity contribution < 1.29 is 8.42 Å². The molecule has 0 saturated heterocycles. The second-order valence-corrected chi connectivity index (χ2v) is 6.47. The average Bonchev–Trinajstić information content (AvgIpc) is 2.47. The van der Waals surface area contributed by atoms with Gasteiger partial charge >= 0.3 is 0 Å². The first kappa shape index (κ1) is 13.9. The van der Waals surface area contributed by atoms with E-state index >= 15 is 0 Å². The lowest BCUT2D eigenvalue weighted by atomic mass is 10.1. The van der Waals surface area contributed by atoms with Crippen molar-refractivity contribution in [2.24, 2.45) is 0 Å². The summed E-state index contributed by atoms with van der Waals surface area (Å²) in [5.41, 5.74) is 0. The predicted octanol–water partition coefficient (Wildman–Crippen LogP) is 3.69. The molecule has 3 aromatic rings. The number of nitrogens with zero attached hydrogens (tertiary/aromatic N) is 1. The lowest BCUT2D eigenvalue weighted by molar-refractivity contribution is 0.602. The minimum absolute atomic E-state index is 0.135. The number of hydrogen-bond donors (Lipinski definition) is 1. The molecule has 6 heteroatoms. The molecule has 106 valence electrons. The maximum absolute atomic E-state index is 12.6. The molecule has 1 N–H and O–H groups in total. The fraction of sp³-hybridized carbons (Fsp3) is 0. The predicted molar refractivity (Wildman–Crippen MR) is 84.0 cm³/mol. The van der Waals surface area contributed by atoms with E-state index in [1.807, 2.05) is 12.1 Å². The average molecular weight is 319 g/mol. The van der Waals surface area contributed by atoms with Crippen molar-refractivity contribution in [3.8, 4) is 0 Å². The summed E-state index contributed by atoms with van der Waals surface area (Å²) in [5.74, 6) is 0.265. The van der Waals surface area contributed by atoms with E-state index < -0.39 is 10.0 Å². The minimum Gasteiger partial charge on any atom is -0.263 e. The fourth-order valence-electron chi connectivity index (χ4n) is 2.10. The molecule has 0 amide bonds. The van der Waals surface area contributed by atoms with Gasteiger partial charge in [0, 0.05) is 16.6 Å². The zero-order valence-corrected chi connectivity index (χ0v) is 12.4. The van der Waals surface area contributed by atoms with Crippen molar-refractivity contribution in [3.05, 3.63) is 65.8 Å². The van der Waals surface area contributed by atoms with Crippen LogP contribution >= 0.6 is 11.6 Å². The van der Waals surface area contributed by atoms with E-state index in [1.165, 1.54) is 12.3 Å². The maximum Gasteiger partial charge on any atom is 0.263 e. The Labute approximate surface area is 127 Å². The van der Waals surface area contributed by atoms with Crippen molar-refractivity contribution >= 4 is 38.2 Å². The van der Waals surface area contributed by atoms with E-state index in [-0.39, 0.29) is 10.7 Å². The fourth-order valence-corrected chi connectivity index (χ4v) is 3.70. The molecule has 0 spiro atoms. The number of aromatic nitrogens is 1. The van der Waals surface area contributed by atoms with Crippen LogP contribution in [0.25, 0.3) is 10.8 Å². The number of nitrogens with one attached hydrogen (secondary N) is 1. The molecule has 0 saturated carbocycles. The molecule has 2 aromatic carbocycles. The first-order valence-corrected chi connectivity index (χ1v) is 8.05. The van der Waals surface area contributed by atoms with Crippen LogP contribution < -0.4 is 4.72 Å². The minimum atomic E-state index is -3.76. The largest absolute Gasteiger partial charge is 0.263 e. The Morgan fingerprint density at radius 1 is 0.952 bits per heavy atom. The molecule has 4 nitrogen and oxygen atoms in total. The van der Waals surface area contributed by atoms with Gasteiger partial charge in [-0.05, 0) is 29.7 Å². The molecule has 0 fully saturated rings. The topological polar surface area (TPSA) is 59.1 Å². The SMILES string of the molecule is O=S(=O)(Nc1ccccn1)c1cccc2cccc(Cl)c12. The van der Waals surface area contributed by atoms with Crippen LogP contribution in [-0.4, -0.2) is 13.4 Å². The van der Waals surface area contributed by atoms with Gasteiger partial charge in [0.25, 0.3) is 10.0 Å². The number of hydrogen-bond acceptors (Lipinski definition) is 3. The Hall–Kier alpha value is -2.11. The summed E-state index contributed by atoms with van der Waals surface area (Å²) in [6, 6.07) is 15.3. The molecule has 0 unspecified atom stereocenters. The van der Waals surface area contributed by atoms with Gasteiger partial charge in [-0.1, -0.05) is 41.9 Å². The Balaban J connectivity index is 2.16. The molecular formula is C15H11ClN2O2S. The second kappa shape index (κ2) is 5.35. The van der Waals surface area contributed by atoms with Gasteiger partial charge in [0.1, 0.15) is 5.82 Å². The van der Waals surface area contributed by atoms with Crippen LogP contribution in [0, 0.1) is 0 Å². The Kier molecular flexibility index (Phi) is 3.53. The van der Waals surface area contributed by atoms with Crippen LogP contribution in [0.3, 0.4) is 0 Å². The number of sulfonamides is 1. The molecule has 0 aliphatic carbocycles. The quantitative estimate of drug-likeness (QED) is 0.801. The molecule has 0 radical (unpaired) electrons. The molecule has 0 aliphatic heterocycles. The summed E-state index contributed by atoms with van der Waals surface area (Å²) in [6.07, 6.45) is 1.52. The van der Waals surface area contributed by atoms with Gasteiger partial charge < -0.3 is 0 Å². The summed E-state index contributed by atoms with van der Waals surface area (Å²) in [4.78, 5) is 4.10. The standard InChI is InChI=1S/C15H11ClN2O2S/c16-12-7-3-5-11-6-4-8-13(15(11)12)21(19,20)18-14-9-1-2-10-17-14/h1-10H,(H,17,18). The van der Waals surface area contributed by atoms with E-state index in [1.54, 1.807) is 36.4 Å². The highest BCUT2D eigenvalue weighted by Crippen LogP contribution is 2.30. The molecular weight excluding hydrogens is 308 g/mol. The van der Waals surface area contributed by atoms with Crippen LogP contribution in [0.4, 0.5) is 5.82 Å². The van der Waals surface area contributed by atoms with Gasteiger partial charge in [-0.3, -0.25) is 4.72 Å². The third-order valence-corrected chi connectivity index (χ3v) is 4.72. The van der Waals surface area contributed by atoms with Crippen molar-refractivity contribution in [2.45, 2.75) is 4.90 Å². The summed E-state index contributed by atoms with van der Waals surface area (Å²) >= 11 is 6.16. The van der Waals surface area contributed by atoms with E-state index in [2.05, 4.69) is 9.71 Å². The van der Waals surface area contributed by atoms with Crippen molar-refractivity contribution in [1.29, 1.82) is 0 Å². The van der Waals surface area contributed by atoms with E-state index in [0.717, 1.165) is 5.39 Å². The molecule has 0 aliphatic rings. The van der Waals surface area contributed by atoms with Gasteiger partial charge in [0.05, 0.1) is 4.90 Å². The zero-order valence-electron chi connectivity index (χ0n) is 10.8. The van der Waals surface area contributed by atoms with Gasteiger partial charge in [-0.2, -0.15) is 0 Å². The van der Waals surface area contributed by atoms with Crippen molar-refractivity contribution in [3.63, 3.8) is 0 Å². The number of anilines is 1. The van der Waals surface area contributed by atoms with E-state index in [4.69, 9.17) is 11.6 Å². The van der Waals surface area contributed by atoms with Crippen LogP contribution in [0.15, 0.2) is 65.7 Å². The van der Waals surface area contributed by atoms with Gasteiger partial charge in [0.2, 0.25) is 0 Å². The number of fused-ring (bicyclic) bond motifs is 1. The Morgan fingerprint density at radius 2 is 1.71 bits per heavy atom. The molecule has 3 rings (SSSR count). The van der Waals surface area contributed by atoms with Crippen LogP contribution in [0.5, 0.6) is 0 Å². The van der Waals surface area contributed by atoms with E-state index in [0.29, 0.717) is 10.4 Å². The lowest BCUT2D eigenvalue weighted by Gasteiger charge is -2.10. The molecule has 1 heterocycles. The number of pyridine rings is 1. The smallest absolute Gasteiger partial charge is 0.263 e. The third kappa shape index (κ3) is 2.70. The molecule has 21 heavy (non-hydrogen) atoms.